The summed E-state index contributed by atoms with van der Waals surface area (Å²) in [5.41, 5.74) is -0.439. The summed E-state index contributed by atoms with van der Waals surface area (Å²) in [6.07, 6.45) is -5.63. The summed E-state index contributed by atoms with van der Waals surface area (Å²) in [4.78, 5) is 22.6. The Balaban J connectivity index is 1.75. The molecule has 1 aliphatic rings. The number of hydrogen-bond acceptors (Lipinski definition) is 5. The second kappa shape index (κ2) is 8.55. The van der Waals surface area contributed by atoms with Crippen LogP contribution in [0.25, 0.3) is 0 Å². The number of amides is 2. The molecule has 0 radical (unpaired) electrons. The van der Waals surface area contributed by atoms with Crippen molar-refractivity contribution < 1.29 is 31.2 Å². The SMILES string of the molecule is CC(=O)NCCNC(=O)c1ccc([C@H]2Nc3cc(C(F)(F)F)ccc3S(=O)(=O)N2)cc1. The third-order valence-corrected chi connectivity index (χ3v) is 5.94. The number of sulfonamides is 1. The minimum Gasteiger partial charge on any atom is -0.364 e. The molecule has 2 aromatic carbocycles. The van der Waals surface area contributed by atoms with Crippen LogP contribution < -0.4 is 20.7 Å². The van der Waals surface area contributed by atoms with Crippen molar-refractivity contribution >= 4 is 27.5 Å². The topological polar surface area (TPSA) is 116 Å². The zero-order chi connectivity index (χ0) is 22.8. The number of carbonyl (C=O) groups excluding carboxylic acids is 2. The lowest BCUT2D eigenvalue weighted by molar-refractivity contribution is -0.137. The van der Waals surface area contributed by atoms with Crippen molar-refractivity contribution in [3.05, 3.63) is 59.2 Å². The van der Waals surface area contributed by atoms with E-state index in [1.807, 2.05) is 0 Å². The lowest BCUT2D eigenvalue weighted by Crippen LogP contribution is -2.38. The average molecular weight is 456 g/mol. The van der Waals surface area contributed by atoms with E-state index < -0.39 is 33.8 Å². The second-order valence-corrected chi connectivity index (χ2v) is 8.45. The Morgan fingerprint density at radius 2 is 1.68 bits per heavy atom. The normalized spacial score (nSPS) is 17.2. The van der Waals surface area contributed by atoms with E-state index in [0.717, 1.165) is 12.1 Å². The van der Waals surface area contributed by atoms with Gasteiger partial charge in [0.15, 0.2) is 0 Å². The molecule has 0 spiro atoms. The zero-order valence-corrected chi connectivity index (χ0v) is 17.0. The first-order valence-corrected chi connectivity index (χ1v) is 10.6. The molecule has 0 fully saturated rings. The molecule has 2 aromatic rings. The van der Waals surface area contributed by atoms with Crippen LogP contribution in [0, 0.1) is 0 Å². The average Bonchev–Trinajstić information content (AvgIpc) is 2.69. The molecular weight excluding hydrogens is 437 g/mol. The van der Waals surface area contributed by atoms with E-state index in [0.29, 0.717) is 17.2 Å². The number of alkyl halides is 3. The summed E-state index contributed by atoms with van der Waals surface area (Å²) in [5, 5.41) is 7.90. The highest BCUT2D eigenvalue weighted by Crippen LogP contribution is 2.37. The van der Waals surface area contributed by atoms with E-state index in [1.165, 1.54) is 31.2 Å². The van der Waals surface area contributed by atoms with Gasteiger partial charge in [-0.3, -0.25) is 9.59 Å². The summed E-state index contributed by atoms with van der Waals surface area (Å²) in [6, 6.07) is 8.25. The van der Waals surface area contributed by atoms with E-state index in [-0.39, 0.29) is 29.6 Å². The van der Waals surface area contributed by atoms with Gasteiger partial charge in [0.2, 0.25) is 15.9 Å². The van der Waals surface area contributed by atoms with E-state index in [9.17, 15) is 31.2 Å². The first-order valence-electron chi connectivity index (χ1n) is 9.10. The van der Waals surface area contributed by atoms with E-state index in [2.05, 4.69) is 20.7 Å². The van der Waals surface area contributed by atoms with Crippen molar-refractivity contribution in [3.63, 3.8) is 0 Å². The molecule has 166 valence electrons. The van der Waals surface area contributed by atoms with Crippen molar-refractivity contribution in [2.24, 2.45) is 0 Å². The smallest absolute Gasteiger partial charge is 0.364 e. The Hall–Kier alpha value is -3.12. The molecule has 4 N–H and O–H groups in total. The number of anilines is 1. The summed E-state index contributed by atoms with van der Waals surface area (Å²) >= 11 is 0. The molecule has 1 aliphatic heterocycles. The third kappa shape index (κ3) is 5.33. The maximum atomic E-state index is 13.0. The zero-order valence-electron chi connectivity index (χ0n) is 16.2. The molecule has 0 unspecified atom stereocenters. The maximum Gasteiger partial charge on any atom is 0.416 e. The lowest BCUT2D eigenvalue weighted by atomic mass is 10.1. The number of fused-ring (bicyclic) bond motifs is 1. The van der Waals surface area contributed by atoms with Gasteiger partial charge in [-0.1, -0.05) is 12.1 Å². The fourth-order valence-electron chi connectivity index (χ4n) is 2.95. The van der Waals surface area contributed by atoms with Crippen LogP contribution in [0.3, 0.4) is 0 Å². The molecule has 3 rings (SSSR count). The summed E-state index contributed by atoms with van der Waals surface area (Å²) in [5.74, 6) is -0.612. The van der Waals surface area contributed by atoms with Gasteiger partial charge in [0.1, 0.15) is 11.1 Å². The maximum absolute atomic E-state index is 13.0. The number of hydrogen-bond donors (Lipinski definition) is 4. The molecule has 12 heteroatoms. The molecule has 0 aliphatic carbocycles. The van der Waals surface area contributed by atoms with Gasteiger partial charge < -0.3 is 16.0 Å². The van der Waals surface area contributed by atoms with Gasteiger partial charge >= 0.3 is 6.18 Å². The van der Waals surface area contributed by atoms with Crippen LogP contribution in [0.15, 0.2) is 47.4 Å². The minimum atomic E-state index is -4.62. The fraction of sp³-hybridized carbons (Fsp3) is 0.263. The van der Waals surface area contributed by atoms with E-state index in [1.54, 1.807) is 0 Å². The fourth-order valence-corrected chi connectivity index (χ4v) is 4.24. The quantitative estimate of drug-likeness (QED) is 0.514. The van der Waals surface area contributed by atoms with Gasteiger partial charge in [-0.2, -0.15) is 17.9 Å². The third-order valence-electron chi connectivity index (χ3n) is 4.46. The van der Waals surface area contributed by atoms with Crippen molar-refractivity contribution in [1.82, 2.24) is 15.4 Å². The first-order chi connectivity index (χ1) is 14.5. The highest BCUT2D eigenvalue weighted by molar-refractivity contribution is 7.89. The largest absolute Gasteiger partial charge is 0.416 e. The summed E-state index contributed by atoms with van der Waals surface area (Å²) < 4.78 is 66.3. The Morgan fingerprint density at radius 1 is 1.03 bits per heavy atom. The van der Waals surface area contributed by atoms with Crippen molar-refractivity contribution in [3.8, 4) is 0 Å². The highest BCUT2D eigenvalue weighted by Gasteiger charge is 2.35. The predicted molar refractivity (Wildman–Crippen MR) is 106 cm³/mol. The van der Waals surface area contributed by atoms with Gasteiger partial charge in [0, 0.05) is 25.6 Å². The number of halogens is 3. The molecule has 1 atom stereocenters. The summed E-state index contributed by atoms with van der Waals surface area (Å²) in [7, 11) is -4.04. The van der Waals surface area contributed by atoms with Crippen LogP contribution in [0.1, 0.15) is 34.6 Å². The van der Waals surface area contributed by atoms with Gasteiger partial charge in [0.05, 0.1) is 11.3 Å². The van der Waals surface area contributed by atoms with Crippen molar-refractivity contribution in [2.45, 2.75) is 24.2 Å². The van der Waals surface area contributed by atoms with Crippen LogP contribution >= 0.6 is 0 Å². The molecule has 0 saturated heterocycles. The molecule has 0 saturated carbocycles. The molecule has 0 aromatic heterocycles. The van der Waals surface area contributed by atoms with Gasteiger partial charge in [-0.05, 0) is 35.9 Å². The first kappa shape index (κ1) is 22.6. The Labute approximate surface area is 176 Å². The molecule has 8 nitrogen and oxygen atoms in total. The summed E-state index contributed by atoms with van der Waals surface area (Å²) in [6.45, 7) is 1.85. The van der Waals surface area contributed by atoms with Crippen LogP contribution in [0.5, 0.6) is 0 Å². The van der Waals surface area contributed by atoms with Gasteiger partial charge in [-0.15, -0.1) is 0 Å². The monoisotopic (exact) mass is 456 g/mol. The molecule has 2 amide bonds. The Bertz CT molecular complexity index is 1100. The van der Waals surface area contributed by atoms with Crippen molar-refractivity contribution in [2.75, 3.05) is 18.4 Å². The Kier molecular flexibility index (Phi) is 6.23. The van der Waals surface area contributed by atoms with Crippen molar-refractivity contribution in [1.29, 1.82) is 0 Å². The van der Waals surface area contributed by atoms with E-state index >= 15 is 0 Å². The molecule has 1 heterocycles. The van der Waals surface area contributed by atoms with Crippen LogP contribution in [0.2, 0.25) is 0 Å². The molecule has 31 heavy (non-hydrogen) atoms. The number of nitrogens with one attached hydrogen (secondary N) is 4. The van der Waals surface area contributed by atoms with Crippen LogP contribution in [-0.4, -0.2) is 33.3 Å². The second-order valence-electron chi connectivity index (χ2n) is 6.77. The van der Waals surface area contributed by atoms with E-state index in [4.69, 9.17) is 0 Å². The van der Waals surface area contributed by atoms with Crippen LogP contribution in [-0.2, 0) is 21.0 Å². The minimum absolute atomic E-state index is 0.168. The number of rotatable bonds is 5. The molecule has 0 bridgehead atoms. The number of benzene rings is 2. The van der Waals surface area contributed by atoms with Gasteiger partial charge in [0.25, 0.3) is 5.91 Å². The standard InChI is InChI=1S/C19H19F3N4O4S/c1-11(27)23-8-9-24-18(28)13-4-2-12(3-5-13)17-25-15-10-14(19(20,21)22)6-7-16(15)31(29,30)26-17/h2-7,10,17,25-26H,8-9H2,1H3,(H,23,27)(H,24,28)/t17-/m0/s1. The Morgan fingerprint density at radius 3 is 2.29 bits per heavy atom. The highest BCUT2D eigenvalue weighted by atomic mass is 32.2. The predicted octanol–water partition coefficient (Wildman–Crippen LogP) is 1.97. The van der Waals surface area contributed by atoms with Gasteiger partial charge in [-0.25, -0.2) is 8.42 Å². The number of carbonyl (C=O) groups is 2. The van der Waals surface area contributed by atoms with Crippen LogP contribution in [0.4, 0.5) is 18.9 Å². The molecular formula is C19H19F3N4O4S. The lowest BCUT2D eigenvalue weighted by Gasteiger charge is -2.29.